The van der Waals surface area contributed by atoms with Crippen LogP contribution in [-0.2, 0) is 14.8 Å². The summed E-state index contributed by atoms with van der Waals surface area (Å²) in [5.41, 5.74) is 1.43. The van der Waals surface area contributed by atoms with Crippen LogP contribution in [-0.4, -0.2) is 50.5 Å². The molecule has 5 rings (SSSR count). The van der Waals surface area contributed by atoms with Crippen LogP contribution < -0.4 is 9.62 Å². The number of ether oxygens (including phenoxy) is 1. The summed E-state index contributed by atoms with van der Waals surface area (Å²) in [5.74, 6) is 1.74. The standard InChI is InChI=1S/C26H35N3O3S/c1-33(30,31)28-24-17-21-12-15-25(29(21)26-9-5-6-16-27-26)23(24)18-32-22-13-10-20(11-14-22)19-7-3-2-4-8-19/h2-9,16,20-25,28H,10-15,17-18H2,1H3/t20?,21-,22?,23-,24-,25+/m0/s1. The number of nitrogens with one attached hydrogen (secondary N) is 1. The molecule has 1 aromatic heterocycles. The molecule has 1 aliphatic carbocycles. The molecule has 1 saturated carbocycles. The van der Waals surface area contributed by atoms with Crippen LogP contribution in [0.2, 0.25) is 0 Å². The van der Waals surface area contributed by atoms with Crippen molar-refractivity contribution in [1.29, 1.82) is 0 Å². The van der Waals surface area contributed by atoms with Gasteiger partial charge in [-0.2, -0.15) is 0 Å². The number of anilines is 1. The molecule has 2 saturated heterocycles. The number of pyridine rings is 1. The Labute approximate surface area is 197 Å². The van der Waals surface area contributed by atoms with Crippen molar-refractivity contribution in [2.24, 2.45) is 5.92 Å². The minimum Gasteiger partial charge on any atom is -0.378 e. The van der Waals surface area contributed by atoms with E-state index in [-0.39, 0.29) is 24.1 Å². The lowest BCUT2D eigenvalue weighted by molar-refractivity contribution is -0.00899. The third-order valence-corrected chi connectivity index (χ3v) is 8.56. The van der Waals surface area contributed by atoms with E-state index in [1.807, 2.05) is 18.3 Å². The maximum Gasteiger partial charge on any atom is 0.208 e. The smallest absolute Gasteiger partial charge is 0.208 e. The summed E-state index contributed by atoms with van der Waals surface area (Å²) >= 11 is 0. The number of hydrogen-bond donors (Lipinski definition) is 1. The largest absolute Gasteiger partial charge is 0.378 e. The Kier molecular flexibility index (Phi) is 6.72. The molecule has 4 atom stereocenters. The van der Waals surface area contributed by atoms with Crippen LogP contribution in [0.3, 0.4) is 0 Å². The number of rotatable bonds is 7. The van der Waals surface area contributed by atoms with Crippen molar-refractivity contribution in [3.05, 3.63) is 60.3 Å². The van der Waals surface area contributed by atoms with Crippen molar-refractivity contribution in [2.45, 2.75) is 75.1 Å². The maximum atomic E-state index is 12.1. The fraction of sp³-hybridized carbons (Fsp3) is 0.577. The predicted molar refractivity (Wildman–Crippen MR) is 131 cm³/mol. The van der Waals surface area contributed by atoms with Crippen LogP contribution in [0, 0.1) is 5.92 Å². The molecule has 1 aromatic carbocycles. The van der Waals surface area contributed by atoms with Gasteiger partial charge >= 0.3 is 0 Å². The summed E-state index contributed by atoms with van der Waals surface area (Å²) in [6, 6.07) is 17.3. The van der Waals surface area contributed by atoms with E-state index in [0.29, 0.717) is 18.6 Å². The molecule has 1 N–H and O–H groups in total. The second kappa shape index (κ2) is 9.72. The molecule has 0 unspecified atom stereocenters. The highest BCUT2D eigenvalue weighted by Crippen LogP contribution is 2.42. The van der Waals surface area contributed by atoms with Gasteiger partial charge in [-0.3, -0.25) is 0 Å². The first-order valence-electron chi connectivity index (χ1n) is 12.3. The van der Waals surface area contributed by atoms with Gasteiger partial charge < -0.3 is 9.64 Å². The van der Waals surface area contributed by atoms with Gasteiger partial charge in [0.1, 0.15) is 5.82 Å². The Balaban J connectivity index is 1.26. The van der Waals surface area contributed by atoms with E-state index in [1.165, 1.54) is 11.8 Å². The van der Waals surface area contributed by atoms with Gasteiger partial charge in [-0.25, -0.2) is 18.1 Å². The molecule has 33 heavy (non-hydrogen) atoms. The molecule has 2 aromatic rings. The van der Waals surface area contributed by atoms with Crippen molar-refractivity contribution < 1.29 is 13.2 Å². The Morgan fingerprint density at radius 2 is 1.76 bits per heavy atom. The number of nitrogens with zero attached hydrogens (tertiary/aromatic N) is 2. The molecule has 3 aliphatic rings. The molecule has 0 spiro atoms. The molecule has 2 aliphatic heterocycles. The van der Waals surface area contributed by atoms with Crippen molar-refractivity contribution >= 4 is 15.8 Å². The summed E-state index contributed by atoms with van der Waals surface area (Å²) in [5, 5.41) is 0. The summed E-state index contributed by atoms with van der Waals surface area (Å²) in [6.07, 6.45) is 10.7. The van der Waals surface area contributed by atoms with E-state index in [2.05, 4.69) is 51.0 Å². The predicted octanol–water partition coefficient (Wildman–Crippen LogP) is 4.10. The zero-order valence-electron chi connectivity index (χ0n) is 19.3. The van der Waals surface area contributed by atoms with Crippen LogP contribution >= 0.6 is 0 Å². The number of aromatic nitrogens is 1. The van der Waals surface area contributed by atoms with Gasteiger partial charge in [0.15, 0.2) is 0 Å². The lowest BCUT2D eigenvalue weighted by atomic mass is 9.82. The summed E-state index contributed by atoms with van der Waals surface area (Å²) < 4.78 is 33.7. The monoisotopic (exact) mass is 469 g/mol. The number of sulfonamides is 1. The Morgan fingerprint density at radius 3 is 2.45 bits per heavy atom. The maximum absolute atomic E-state index is 12.1. The van der Waals surface area contributed by atoms with Crippen molar-refractivity contribution in [3.63, 3.8) is 0 Å². The second-order valence-corrected chi connectivity index (χ2v) is 11.8. The molecule has 2 bridgehead atoms. The van der Waals surface area contributed by atoms with Crippen molar-refractivity contribution in [3.8, 4) is 0 Å². The minimum absolute atomic E-state index is 0.0851. The first-order valence-corrected chi connectivity index (χ1v) is 14.2. The van der Waals surface area contributed by atoms with Gasteiger partial charge in [0.2, 0.25) is 10.0 Å². The molecular weight excluding hydrogens is 434 g/mol. The first kappa shape index (κ1) is 22.8. The molecule has 3 fully saturated rings. The van der Waals surface area contributed by atoms with Gasteiger partial charge in [-0.05, 0) is 68.6 Å². The molecule has 7 heteroatoms. The van der Waals surface area contributed by atoms with E-state index in [9.17, 15) is 8.42 Å². The number of benzene rings is 1. The zero-order chi connectivity index (χ0) is 22.8. The highest BCUT2D eigenvalue weighted by atomic mass is 32.2. The van der Waals surface area contributed by atoms with E-state index >= 15 is 0 Å². The van der Waals surface area contributed by atoms with Gasteiger partial charge in [0.05, 0.1) is 19.0 Å². The van der Waals surface area contributed by atoms with Crippen molar-refractivity contribution in [1.82, 2.24) is 9.71 Å². The van der Waals surface area contributed by atoms with Crippen molar-refractivity contribution in [2.75, 3.05) is 17.8 Å². The van der Waals surface area contributed by atoms with Crippen LogP contribution in [0.25, 0.3) is 0 Å². The SMILES string of the molecule is CS(=O)(=O)N[C@H]1C[C@@H]2CC[C@H]([C@H]1COC1CCC(c3ccccc3)CC1)N2c1ccccn1. The molecule has 6 nitrogen and oxygen atoms in total. The molecular formula is C26H35N3O3S. The average molecular weight is 470 g/mol. The van der Waals surface area contributed by atoms with E-state index in [0.717, 1.165) is 50.8 Å². The minimum atomic E-state index is -3.28. The van der Waals surface area contributed by atoms with Gasteiger partial charge in [0, 0.05) is 30.2 Å². The molecule has 0 amide bonds. The first-order chi connectivity index (χ1) is 16.0. The van der Waals surface area contributed by atoms with Crippen LogP contribution in [0.15, 0.2) is 54.7 Å². The third kappa shape index (κ3) is 5.26. The molecule has 0 radical (unpaired) electrons. The fourth-order valence-corrected chi connectivity index (χ4v) is 7.16. The fourth-order valence-electron chi connectivity index (χ4n) is 6.34. The summed E-state index contributed by atoms with van der Waals surface area (Å²) in [6.45, 7) is 0.592. The molecule has 3 heterocycles. The Hall–Kier alpha value is -1.96. The lowest BCUT2D eigenvalue weighted by Crippen LogP contribution is -2.58. The quantitative estimate of drug-likeness (QED) is 0.661. The third-order valence-electron chi connectivity index (χ3n) is 7.83. The van der Waals surface area contributed by atoms with Crippen LogP contribution in [0.1, 0.15) is 56.4 Å². The van der Waals surface area contributed by atoms with E-state index in [1.54, 1.807) is 0 Å². The Morgan fingerprint density at radius 1 is 1.00 bits per heavy atom. The molecule has 178 valence electrons. The number of hydrogen-bond acceptors (Lipinski definition) is 5. The second-order valence-electron chi connectivity index (χ2n) is 10.0. The van der Waals surface area contributed by atoms with E-state index < -0.39 is 10.0 Å². The summed E-state index contributed by atoms with van der Waals surface area (Å²) in [7, 11) is -3.28. The normalized spacial score (nSPS) is 32.1. The average Bonchev–Trinajstić information content (AvgIpc) is 3.15. The van der Waals surface area contributed by atoms with Gasteiger partial charge in [0.25, 0.3) is 0 Å². The summed E-state index contributed by atoms with van der Waals surface area (Å²) in [4.78, 5) is 7.04. The van der Waals surface area contributed by atoms with Gasteiger partial charge in [-0.15, -0.1) is 0 Å². The highest BCUT2D eigenvalue weighted by molar-refractivity contribution is 7.88. The van der Waals surface area contributed by atoms with Gasteiger partial charge in [-0.1, -0.05) is 36.4 Å². The zero-order valence-corrected chi connectivity index (χ0v) is 20.2. The number of piperidine rings is 1. The topological polar surface area (TPSA) is 71.5 Å². The lowest BCUT2D eigenvalue weighted by Gasteiger charge is -2.45. The van der Waals surface area contributed by atoms with Crippen LogP contribution in [0.4, 0.5) is 5.82 Å². The number of fused-ring (bicyclic) bond motifs is 2. The van der Waals surface area contributed by atoms with E-state index in [4.69, 9.17) is 4.74 Å². The van der Waals surface area contributed by atoms with Crippen LogP contribution in [0.5, 0.6) is 0 Å². The Bertz CT molecular complexity index is 1010. The highest BCUT2D eigenvalue weighted by Gasteiger charge is 2.48.